The third-order valence-electron chi connectivity index (χ3n) is 15.6. The quantitative estimate of drug-likeness (QED) is 0.0682. The van der Waals surface area contributed by atoms with E-state index in [1.165, 1.54) is 50.0 Å². The van der Waals surface area contributed by atoms with Crippen molar-refractivity contribution in [2.24, 2.45) is 11.3 Å². The topological polar surface area (TPSA) is 201 Å². The van der Waals surface area contributed by atoms with Crippen LogP contribution >= 0.6 is 0 Å². The van der Waals surface area contributed by atoms with Gasteiger partial charge in [0.1, 0.15) is 18.0 Å². The summed E-state index contributed by atoms with van der Waals surface area (Å²) in [7, 11) is -3.23. The minimum Gasteiger partial charge on any atom is -0.489 e. The number of piperidine rings is 1. The number of carbonyl (C=O) groups excluding carboxylic acids is 1. The zero-order valence-electron chi connectivity index (χ0n) is 39.1. The zero-order valence-corrected chi connectivity index (χ0v) is 39.9. The van der Waals surface area contributed by atoms with Gasteiger partial charge in [0.2, 0.25) is 0 Å². The molecule has 0 unspecified atom stereocenters. The lowest BCUT2D eigenvalue weighted by molar-refractivity contribution is -0.384. The number of hydrogen-bond donors (Lipinski definition) is 4. The van der Waals surface area contributed by atoms with E-state index in [-0.39, 0.29) is 58.4 Å². The summed E-state index contributed by atoms with van der Waals surface area (Å²) in [5.74, 6) is 0.0321. The first-order valence-corrected chi connectivity index (χ1v) is 25.5. The van der Waals surface area contributed by atoms with E-state index in [2.05, 4.69) is 67.9 Å². The summed E-state index contributed by atoms with van der Waals surface area (Å²) >= 11 is 0. The van der Waals surface area contributed by atoms with Gasteiger partial charge in [0.05, 0.1) is 34.1 Å². The van der Waals surface area contributed by atoms with Gasteiger partial charge in [0.25, 0.3) is 27.5 Å². The maximum atomic E-state index is 14.2. The number of likely N-dealkylation sites (tertiary alicyclic amines) is 1. The van der Waals surface area contributed by atoms with E-state index >= 15 is 0 Å². The number of aromatic amines is 1. The molecule has 0 radical (unpaired) electrons. The second-order valence-corrected chi connectivity index (χ2v) is 22.0. The SMILES string of the molecule is COc1nc2[nH]ccc2cc1Oc1cc(N2CCC3(CC2)CC(N2CCC[C@H]2c2ccccc2C(C)C)C3)ccc1C(=O)NS(=O)(=O)c1cc2c(c([N+](=O)[O-])c1)N[C@@H](C1CCC(C)(O)CC1)CO2. The number of nitrogens with one attached hydrogen (secondary N) is 3. The Morgan fingerprint density at radius 3 is 2.50 bits per heavy atom. The number of rotatable bonds is 12. The van der Waals surface area contributed by atoms with Crippen molar-refractivity contribution in [2.75, 3.05) is 43.6 Å². The molecular formula is C51H61N7O9S. The van der Waals surface area contributed by atoms with Crippen molar-refractivity contribution in [3.8, 4) is 23.1 Å². The van der Waals surface area contributed by atoms with Gasteiger partial charge in [-0.15, -0.1) is 0 Å². The molecule has 5 aliphatic rings. The molecule has 2 aromatic heterocycles. The molecule has 5 aromatic rings. The molecule has 2 saturated carbocycles. The molecule has 360 valence electrons. The van der Waals surface area contributed by atoms with E-state index in [0.717, 1.165) is 49.6 Å². The molecule has 1 spiro atoms. The Morgan fingerprint density at radius 2 is 1.76 bits per heavy atom. The molecule has 68 heavy (non-hydrogen) atoms. The highest BCUT2D eigenvalue weighted by Gasteiger charge is 2.50. The van der Waals surface area contributed by atoms with Crippen LogP contribution in [0.15, 0.2) is 77.8 Å². The van der Waals surface area contributed by atoms with Gasteiger partial charge in [0.15, 0.2) is 17.2 Å². The Labute approximate surface area is 397 Å². The second kappa shape index (κ2) is 17.9. The summed E-state index contributed by atoms with van der Waals surface area (Å²) in [5, 5.41) is 26.9. The van der Waals surface area contributed by atoms with Crippen LogP contribution in [0.1, 0.15) is 118 Å². The minimum atomic E-state index is -4.69. The van der Waals surface area contributed by atoms with Crippen molar-refractivity contribution in [1.82, 2.24) is 19.6 Å². The molecule has 2 aliphatic carbocycles. The summed E-state index contributed by atoms with van der Waals surface area (Å²) in [6, 6.07) is 20.5. The molecule has 4 fully saturated rings. The van der Waals surface area contributed by atoms with Crippen LogP contribution in [0.25, 0.3) is 11.0 Å². The van der Waals surface area contributed by atoms with Crippen LogP contribution in [0.5, 0.6) is 23.1 Å². The number of amides is 1. The summed E-state index contributed by atoms with van der Waals surface area (Å²) in [6.07, 6.45) is 11.2. The number of ether oxygens (including phenoxy) is 3. The maximum Gasteiger partial charge on any atom is 0.297 e. The number of benzene rings is 3. The monoisotopic (exact) mass is 947 g/mol. The van der Waals surface area contributed by atoms with Crippen LogP contribution in [-0.2, 0) is 10.0 Å². The molecule has 1 amide bonds. The summed E-state index contributed by atoms with van der Waals surface area (Å²) in [4.78, 5) is 38.1. The smallest absolute Gasteiger partial charge is 0.297 e. The number of carbonyl (C=O) groups is 1. The van der Waals surface area contributed by atoms with Gasteiger partial charge in [-0.1, -0.05) is 38.1 Å². The van der Waals surface area contributed by atoms with Crippen molar-refractivity contribution in [1.29, 1.82) is 0 Å². The number of pyridine rings is 1. The van der Waals surface area contributed by atoms with Crippen molar-refractivity contribution in [2.45, 2.75) is 120 Å². The van der Waals surface area contributed by atoms with Gasteiger partial charge in [-0.05, 0) is 130 Å². The van der Waals surface area contributed by atoms with Gasteiger partial charge >= 0.3 is 0 Å². The number of aliphatic hydroxyl groups is 1. The van der Waals surface area contributed by atoms with Crippen molar-refractivity contribution >= 4 is 44.0 Å². The van der Waals surface area contributed by atoms with Crippen LogP contribution in [-0.4, -0.2) is 90.3 Å². The molecule has 2 saturated heterocycles. The number of methoxy groups -OCH3 is 1. The Bertz CT molecular complexity index is 2840. The summed E-state index contributed by atoms with van der Waals surface area (Å²) in [5.41, 5.74) is 3.35. The Balaban J connectivity index is 0.875. The van der Waals surface area contributed by atoms with Gasteiger partial charge in [-0.3, -0.25) is 19.8 Å². The van der Waals surface area contributed by atoms with Crippen LogP contribution in [0.4, 0.5) is 17.1 Å². The van der Waals surface area contributed by atoms with Gasteiger partial charge in [-0.25, -0.2) is 13.1 Å². The fourth-order valence-electron chi connectivity index (χ4n) is 11.7. The zero-order chi connectivity index (χ0) is 47.5. The normalized spacial score (nSPS) is 24.0. The fraction of sp³-hybridized carbons (Fsp3) is 0.490. The van der Waals surface area contributed by atoms with E-state index in [4.69, 9.17) is 14.2 Å². The highest BCUT2D eigenvalue weighted by atomic mass is 32.2. The molecular weight excluding hydrogens is 887 g/mol. The number of anilines is 2. The molecule has 10 rings (SSSR count). The number of fused-ring (bicyclic) bond motifs is 2. The molecule has 4 N–H and O–H groups in total. The first-order chi connectivity index (χ1) is 32.6. The van der Waals surface area contributed by atoms with Crippen molar-refractivity contribution in [3.63, 3.8) is 0 Å². The first kappa shape index (κ1) is 45.9. The van der Waals surface area contributed by atoms with Crippen molar-refractivity contribution < 1.29 is 37.5 Å². The van der Waals surface area contributed by atoms with E-state index in [1.807, 2.05) is 6.07 Å². The predicted octanol–water partition coefficient (Wildman–Crippen LogP) is 9.21. The third kappa shape index (κ3) is 8.84. The molecule has 16 nitrogen and oxygen atoms in total. The fourth-order valence-corrected chi connectivity index (χ4v) is 12.7. The minimum absolute atomic E-state index is 0.00687. The van der Waals surface area contributed by atoms with Crippen LogP contribution in [0, 0.1) is 21.4 Å². The number of nitrogens with zero attached hydrogens (tertiary/aromatic N) is 4. The first-order valence-electron chi connectivity index (χ1n) is 24.0. The lowest BCUT2D eigenvalue weighted by atomic mass is 9.59. The Morgan fingerprint density at radius 1 is 1.00 bits per heavy atom. The van der Waals surface area contributed by atoms with Gasteiger partial charge in [0, 0.05) is 60.6 Å². The number of H-pyrrole nitrogens is 1. The van der Waals surface area contributed by atoms with Crippen LogP contribution in [0.3, 0.4) is 0 Å². The average molecular weight is 948 g/mol. The number of nitro groups is 1. The predicted molar refractivity (Wildman–Crippen MR) is 259 cm³/mol. The maximum absolute atomic E-state index is 14.2. The molecule has 17 heteroatoms. The molecule has 3 aromatic carbocycles. The summed E-state index contributed by atoms with van der Waals surface area (Å²) < 4.78 is 48.3. The van der Waals surface area contributed by atoms with E-state index in [9.17, 15) is 28.4 Å². The van der Waals surface area contributed by atoms with Crippen LogP contribution in [0.2, 0.25) is 0 Å². The lowest BCUT2D eigenvalue weighted by Crippen LogP contribution is -2.54. The average Bonchev–Trinajstić information content (AvgIpc) is 3.99. The van der Waals surface area contributed by atoms with Gasteiger partial charge in [-0.2, -0.15) is 4.98 Å². The molecule has 2 atom stereocenters. The number of aromatic nitrogens is 2. The van der Waals surface area contributed by atoms with Crippen LogP contribution < -0.4 is 29.1 Å². The Hall–Kier alpha value is -5.91. The van der Waals surface area contributed by atoms with E-state index < -0.39 is 37.0 Å². The standard InChI is InChI=1S/C51H61N7O9S/c1-31(2)37-8-5-6-9-38(37)41-10-7-21-57(41)35-28-51(29-35)18-22-56(23-19-51)34-11-12-39(43(25-34)67-45-24-33-15-20-52-47(33)54-49(45)65-4)48(59)55-68(63,64)36-26-42(58(61)62)46-44(27-36)66-30-40(53-46)32-13-16-50(3,60)17-14-32/h5-6,8-9,11-12,15,20,24-27,31-32,35,40-41,53,60H,7,10,13-14,16-19,21-23,28-30H2,1-4H3,(H,52,54)(H,55,59)/t32?,40-,41+,50?/m1/s1. The van der Waals surface area contributed by atoms with E-state index in [1.54, 1.807) is 37.4 Å². The molecule has 0 bridgehead atoms. The highest BCUT2D eigenvalue weighted by molar-refractivity contribution is 7.90. The van der Waals surface area contributed by atoms with Crippen molar-refractivity contribution in [3.05, 3.63) is 99.7 Å². The number of hydrogen-bond acceptors (Lipinski definition) is 13. The molecule has 5 heterocycles. The van der Waals surface area contributed by atoms with E-state index in [0.29, 0.717) is 49.3 Å². The summed E-state index contributed by atoms with van der Waals surface area (Å²) in [6.45, 7) is 9.28. The number of sulfonamides is 1. The van der Waals surface area contributed by atoms with Gasteiger partial charge < -0.3 is 34.5 Å². The number of nitro benzene ring substituents is 1. The highest BCUT2D eigenvalue weighted by Crippen LogP contribution is 2.54. The third-order valence-corrected chi connectivity index (χ3v) is 16.9. The largest absolute Gasteiger partial charge is 0.489 e. The lowest BCUT2D eigenvalue weighted by Gasteiger charge is -2.56. The second-order valence-electron chi connectivity index (χ2n) is 20.3. The Kier molecular flexibility index (Phi) is 12.1. The molecule has 3 aliphatic heterocycles.